The molecule has 16 heavy (non-hydrogen) atoms. The number of nitrogens with zero attached hydrogens (tertiary/aromatic N) is 1. The van der Waals surface area contributed by atoms with E-state index < -0.39 is 0 Å². The smallest absolute Gasteiger partial charge is 0.121 e. The molecule has 3 nitrogen and oxygen atoms in total. The number of hydrogen-bond donors (Lipinski definition) is 1. The van der Waals surface area contributed by atoms with Crippen LogP contribution in [0, 0.1) is 18.8 Å². The van der Waals surface area contributed by atoms with Gasteiger partial charge in [-0.25, -0.2) is 0 Å². The quantitative estimate of drug-likeness (QED) is 0.824. The first-order valence-electron chi connectivity index (χ1n) is 6.25. The zero-order valence-electron chi connectivity index (χ0n) is 10.1. The van der Waals surface area contributed by atoms with Gasteiger partial charge in [-0.1, -0.05) is 0 Å². The molecule has 0 aliphatic carbocycles. The molecule has 0 aromatic carbocycles. The lowest BCUT2D eigenvalue weighted by molar-refractivity contribution is 0.214. The summed E-state index contributed by atoms with van der Waals surface area (Å²) in [5.74, 6) is 3.85. The van der Waals surface area contributed by atoms with Crippen LogP contribution in [0.1, 0.15) is 24.5 Å². The Morgan fingerprint density at radius 1 is 1.31 bits per heavy atom. The van der Waals surface area contributed by atoms with Crippen LogP contribution in [0.15, 0.2) is 16.5 Å². The Bertz CT molecular complexity index is 362. The highest BCUT2D eigenvalue weighted by molar-refractivity contribution is 5.10. The van der Waals surface area contributed by atoms with Gasteiger partial charge in [0, 0.05) is 13.1 Å². The van der Waals surface area contributed by atoms with Crippen molar-refractivity contribution >= 4 is 0 Å². The average Bonchev–Trinajstić information content (AvgIpc) is 2.89. The predicted molar refractivity (Wildman–Crippen MR) is 63.3 cm³/mol. The van der Waals surface area contributed by atoms with Crippen molar-refractivity contribution < 1.29 is 4.42 Å². The Balaban J connectivity index is 1.70. The number of nitrogens with one attached hydrogen (secondary N) is 1. The van der Waals surface area contributed by atoms with Crippen molar-refractivity contribution in [1.29, 1.82) is 0 Å². The minimum atomic E-state index is 0.430. The van der Waals surface area contributed by atoms with Gasteiger partial charge in [0.2, 0.25) is 0 Å². The Morgan fingerprint density at radius 3 is 2.56 bits per heavy atom. The van der Waals surface area contributed by atoms with Crippen LogP contribution in [-0.2, 0) is 0 Å². The Hall–Kier alpha value is -0.800. The number of rotatable bonds is 2. The van der Waals surface area contributed by atoms with Crippen molar-refractivity contribution in [3.05, 3.63) is 23.7 Å². The third-order valence-electron chi connectivity index (χ3n) is 4.14. The highest BCUT2D eigenvalue weighted by Gasteiger charge is 2.38. The number of fused-ring (bicyclic) bond motifs is 1. The highest BCUT2D eigenvalue weighted by atomic mass is 16.3. The zero-order chi connectivity index (χ0) is 11.1. The topological polar surface area (TPSA) is 28.4 Å². The van der Waals surface area contributed by atoms with Crippen molar-refractivity contribution in [3.63, 3.8) is 0 Å². The molecule has 0 radical (unpaired) electrons. The third-order valence-corrected chi connectivity index (χ3v) is 4.14. The van der Waals surface area contributed by atoms with Crippen LogP contribution in [0.25, 0.3) is 0 Å². The SMILES string of the molecule is Cc1ccc(C(C)N2C[C@H]3CNC[C@H]3C2)o1. The van der Waals surface area contributed by atoms with E-state index in [1.165, 1.54) is 26.2 Å². The van der Waals surface area contributed by atoms with Crippen molar-refractivity contribution in [2.45, 2.75) is 19.9 Å². The van der Waals surface area contributed by atoms with Gasteiger partial charge >= 0.3 is 0 Å². The number of likely N-dealkylation sites (tertiary alicyclic amines) is 1. The van der Waals surface area contributed by atoms with E-state index in [0.717, 1.165) is 23.4 Å². The van der Waals surface area contributed by atoms with Gasteiger partial charge in [-0.3, -0.25) is 4.90 Å². The van der Waals surface area contributed by atoms with Gasteiger partial charge in [-0.2, -0.15) is 0 Å². The maximum atomic E-state index is 5.72. The summed E-state index contributed by atoms with van der Waals surface area (Å²) in [5.41, 5.74) is 0. The van der Waals surface area contributed by atoms with Crippen molar-refractivity contribution in [3.8, 4) is 0 Å². The fourth-order valence-corrected chi connectivity index (χ4v) is 3.07. The Labute approximate surface area is 96.8 Å². The molecule has 3 rings (SSSR count). The van der Waals surface area contributed by atoms with Gasteiger partial charge in [0.1, 0.15) is 11.5 Å². The maximum absolute atomic E-state index is 5.72. The summed E-state index contributed by atoms with van der Waals surface area (Å²) in [4.78, 5) is 2.56. The number of hydrogen-bond acceptors (Lipinski definition) is 3. The number of furan rings is 1. The predicted octanol–water partition coefficient (Wildman–Crippen LogP) is 1.80. The Kier molecular flexibility index (Phi) is 2.52. The summed E-state index contributed by atoms with van der Waals surface area (Å²) in [7, 11) is 0. The average molecular weight is 220 g/mol. The van der Waals surface area contributed by atoms with Crippen molar-refractivity contribution in [2.24, 2.45) is 11.8 Å². The molecule has 3 atom stereocenters. The summed E-state index contributed by atoms with van der Waals surface area (Å²) >= 11 is 0. The molecule has 0 amide bonds. The second-order valence-electron chi connectivity index (χ2n) is 5.26. The van der Waals surface area contributed by atoms with Crippen LogP contribution < -0.4 is 5.32 Å². The molecule has 1 N–H and O–H groups in total. The molecule has 0 spiro atoms. The van der Waals surface area contributed by atoms with E-state index in [1.54, 1.807) is 0 Å². The van der Waals surface area contributed by atoms with Crippen molar-refractivity contribution in [1.82, 2.24) is 10.2 Å². The molecule has 3 heteroatoms. The van der Waals surface area contributed by atoms with E-state index in [1.807, 2.05) is 6.92 Å². The van der Waals surface area contributed by atoms with Crippen LogP contribution in [0.2, 0.25) is 0 Å². The molecule has 3 heterocycles. The van der Waals surface area contributed by atoms with E-state index in [-0.39, 0.29) is 0 Å². The summed E-state index contributed by atoms with van der Waals surface area (Å²) in [6.07, 6.45) is 0. The summed E-state index contributed by atoms with van der Waals surface area (Å²) in [5, 5.41) is 3.48. The lowest BCUT2D eigenvalue weighted by Gasteiger charge is -2.23. The first kappa shape index (κ1) is 10.4. The van der Waals surface area contributed by atoms with Crippen LogP contribution in [-0.4, -0.2) is 31.1 Å². The molecule has 2 aliphatic heterocycles. The van der Waals surface area contributed by atoms with Gasteiger partial charge in [0.05, 0.1) is 6.04 Å². The van der Waals surface area contributed by atoms with E-state index in [4.69, 9.17) is 4.42 Å². The first-order chi connectivity index (χ1) is 7.74. The first-order valence-corrected chi connectivity index (χ1v) is 6.25. The maximum Gasteiger partial charge on any atom is 0.121 e. The minimum absolute atomic E-state index is 0.430. The molecule has 1 unspecified atom stereocenters. The van der Waals surface area contributed by atoms with Crippen LogP contribution in [0.5, 0.6) is 0 Å². The normalized spacial score (nSPS) is 31.9. The largest absolute Gasteiger partial charge is 0.465 e. The summed E-state index contributed by atoms with van der Waals surface area (Å²) in [6.45, 7) is 9.11. The highest BCUT2D eigenvalue weighted by Crippen LogP contribution is 2.33. The molecule has 88 valence electrons. The molecule has 0 saturated carbocycles. The summed E-state index contributed by atoms with van der Waals surface area (Å²) < 4.78 is 5.72. The second kappa shape index (κ2) is 3.90. The molecule has 2 saturated heterocycles. The van der Waals surface area contributed by atoms with E-state index in [2.05, 4.69) is 29.3 Å². The van der Waals surface area contributed by atoms with Crippen LogP contribution in [0.3, 0.4) is 0 Å². The molecule has 1 aromatic rings. The van der Waals surface area contributed by atoms with E-state index in [9.17, 15) is 0 Å². The Morgan fingerprint density at radius 2 is 2.00 bits per heavy atom. The zero-order valence-corrected chi connectivity index (χ0v) is 10.1. The molecule has 2 fully saturated rings. The van der Waals surface area contributed by atoms with Gasteiger partial charge < -0.3 is 9.73 Å². The van der Waals surface area contributed by atoms with Gasteiger partial charge in [0.25, 0.3) is 0 Å². The van der Waals surface area contributed by atoms with E-state index >= 15 is 0 Å². The van der Waals surface area contributed by atoms with Gasteiger partial charge in [0.15, 0.2) is 0 Å². The van der Waals surface area contributed by atoms with Crippen LogP contribution in [0.4, 0.5) is 0 Å². The fourth-order valence-electron chi connectivity index (χ4n) is 3.07. The number of aryl methyl sites for hydroxylation is 1. The molecular weight excluding hydrogens is 200 g/mol. The lowest BCUT2D eigenvalue weighted by atomic mass is 10.0. The molecule has 1 aromatic heterocycles. The summed E-state index contributed by atoms with van der Waals surface area (Å²) in [6, 6.07) is 4.61. The second-order valence-corrected chi connectivity index (χ2v) is 5.26. The molecule has 2 aliphatic rings. The monoisotopic (exact) mass is 220 g/mol. The van der Waals surface area contributed by atoms with Gasteiger partial charge in [-0.05, 0) is 50.9 Å². The van der Waals surface area contributed by atoms with Crippen molar-refractivity contribution in [2.75, 3.05) is 26.2 Å². The van der Waals surface area contributed by atoms with Crippen LogP contribution >= 0.6 is 0 Å². The molecular formula is C13H20N2O. The minimum Gasteiger partial charge on any atom is -0.465 e. The molecule has 0 bridgehead atoms. The van der Waals surface area contributed by atoms with Gasteiger partial charge in [-0.15, -0.1) is 0 Å². The standard InChI is InChI=1S/C13H20N2O/c1-9-3-4-13(16-9)10(2)15-7-11-5-14-6-12(11)8-15/h3-4,10-12,14H,5-8H2,1-2H3/t10?,11-,12+. The third kappa shape index (κ3) is 1.68. The van der Waals surface area contributed by atoms with E-state index in [0.29, 0.717) is 6.04 Å². The lowest BCUT2D eigenvalue weighted by Crippen LogP contribution is -2.28. The fraction of sp³-hybridized carbons (Fsp3) is 0.692.